The van der Waals surface area contributed by atoms with E-state index in [-0.39, 0.29) is 5.97 Å². The Morgan fingerprint density at radius 3 is 3.00 bits per heavy atom. The molecule has 3 nitrogen and oxygen atoms in total. The van der Waals surface area contributed by atoms with Crippen molar-refractivity contribution in [2.24, 2.45) is 0 Å². The highest BCUT2D eigenvalue weighted by molar-refractivity contribution is 7.99. The van der Waals surface area contributed by atoms with Gasteiger partial charge in [0.25, 0.3) is 0 Å². The van der Waals surface area contributed by atoms with Gasteiger partial charge >= 0.3 is 5.97 Å². The van der Waals surface area contributed by atoms with Crippen LogP contribution in [0.2, 0.25) is 5.02 Å². The second-order valence-electron chi connectivity index (χ2n) is 3.15. The molecule has 0 radical (unpaired) electrons. The largest absolute Gasteiger partial charge is 0.463 e. The smallest absolute Gasteiger partial charge is 0.330 e. The zero-order valence-electron chi connectivity index (χ0n) is 9.48. The predicted molar refractivity (Wildman–Crippen MR) is 72.4 cm³/mol. The van der Waals surface area contributed by atoms with Crippen LogP contribution in [0.5, 0.6) is 0 Å². The van der Waals surface area contributed by atoms with E-state index in [4.69, 9.17) is 22.1 Å². The molecule has 5 heteroatoms. The molecular weight excluding hydrogens is 258 g/mol. The summed E-state index contributed by atoms with van der Waals surface area (Å²) in [6, 6.07) is 5.46. The van der Waals surface area contributed by atoms with Crippen LogP contribution in [0.4, 0.5) is 5.69 Å². The summed E-state index contributed by atoms with van der Waals surface area (Å²) in [5.74, 6) is 0.363. The molecule has 17 heavy (non-hydrogen) atoms. The second-order valence-corrected chi connectivity index (χ2v) is 4.65. The maximum absolute atomic E-state index is 11.0. The van der Waals surface area contributed by atoms with Gasteiger partial charge in [-0.2, -0.15) is 0 Å². The molecule has 1 aromatic rings. The van der Waals surface area contributed by atoms with Crippen molar-refractivity contribution in [3.8, 4) is 0 Å². The maximum atomic E-state index is 11.0. The van der Waals surface area contributed by atoms with Crippen LogP contribution in [-0.4, -0.2) is 18.3 Å². The third-order valence-corrected chi connectivity index (χ3v) is 3.13. The van der Waals surface area contributed by atoms with Crippen LogP contribution in [-0.2, 0) is 9.53 Å². The molecule has 0 atom stereocenters. The standard InChI is InChI=1S/C12H14ClNO2S/c1-2-16-12(15)4-3-7-17-9-5-6-11(14)10(13)8-9/h3-6,8H,2,7,14H2,1H3/b4-3+. The Balaban J connectivity index is 2.40. The number of hydrogen-bond donors (Lipinski definition) is 1. The zero-order chi connectivity index (χ0) is 12.7. The molecule has 0 aliphatic rings. The molecule has 0 amide bonds. The number of benzene rings is 1. The average molecular weight is 272 g/mol. The minimum Gasteiger partial charge on any atom is -0.463 e. The molecule has 0 bridgehead atoms. The van der Waals surface area contributed by atoms with E-state index in [1.807, 2.05) is 6.07 Å². The van der Waals surface area contributed by atoms with Crippen LogP contribution < -0.4 is 5.73 Å². The van der Waals surface area contributed by atoms with E-state index in [2.05, 4.69) is 0 Å². The molecule has 0 heterocycles. The van der Waals surface area contributed by atoms with Gasteiger partial charge in [-0.05, 0) is 25.1 Å². The SMILES string of the molecule is CCOC(=O)/C=C/CSc1ccc(N)c(Cl)c1. The van der Waals surface area contributed by atoms with Gasteiger partial charge in [-0.3, -0.25) is 0 Å². The summed E-state index contributed by atoms with van der Waals surface area (Å²) in [5, 5.41) is 0.546. The van der Waals surface area contributed by atoms with Gasteiger partial charge in [0, 0.05) is 16.7 Å². The van der Waals surface area contributed by atoms with Gasteiger partial charge in [-0.25, -0.2) is 4.79 Å². The zero-order valence-corrected chi connectivity index (χ0v) is 11.1. The van der Waals surface area contributed by atoms with Crippen molar-refractivity contribution in [3.05, 3.63) is 35.4 Å². The highest BCUT2D eigenvalue weighted by Gasteiger charge is 1.98. The van der Waals surface area contributed by atoms with Crippen molar-refractivity contribution < 1.29 is 9.53 Å². The lowest BCUT2D eigenvalue weighted by molar-refractivity contribution is -0.137. The lowest BCUT2D eigenvalue weighted by atomic mass is 10.3. The Labute approximate surface area is 110 Å². The molecular formula is C12H14ClNO2S. The van der Waals surface area contributed by atoms with Crippen LogP contribution >= 0.6 is 23.4 Å². The van der Waals surface area contributed by atoms with E-state index in [0.717, 1.165) is 4.90 Å². The van der Waals surface area contributed by atoms with Gasteiger partial charge in [0.1, 0.15) is 0 Å². The number of rotatable bonds is 5. The summed E-state index contributed by atoms with van der Waals surface area (Å²) in [6.07, 6.45) is 3.18. The van der Waals surface area contributed by atoms with Crippen molar-refractivity contribution in [2.45, 2.75) is 11.8 Å². The van der Waals surface area contributed by atoms with Crippen molar-refractivity contribution in [2.75, 3.05) is 18.1 Å². The van der Waals surface area contributed by atoms with Crippen molar-refractivity contribution in [3.63, 3.8) is 0 Å². The monoisotopic (exact) mass is 271 g/mol. The number of esters is 1. The van der Waals surface area contributed by atoms with E-state index in [9.17, 15) is 4.79 Å². The fourth-order valence-electron chi connectivity index (χ4n) is 1.08. The lowest BCUT2D eigenvalue weighted by Gasteiger charge is -2.01. The number of hydrogen-bond acceptors (Lipinski definition) is 4. The highest BCUT2D eigenvalue weighted by atomic mass is 35.5. The van der Waals surface area contributed by atoms with Crippen molar-refractivity contribution in [1.82, 2.24) is 0 Å². The van der Waals surface area contributed by atoms with Crippen LogP contribution in [0.1, 0.15) is 6.92 Å². The first kappa shape index (κ1) is 13.9. The molecule has 0 aromatic heterocycles. The van der Waals surface area contributed by atoms with Gasteiger partial charge in [0.05, 0.1) is 17.3 Å². The Bertz CT molecular complexity index is 421. The number of ether oxygens (including phenoxy) is 1. The van der Waals surface area contributed by atoms with E-state index < -0.39 is 0 Å². The minimum atomic E-state index is -0.316. The first-order chi connectivity index (χ1) is 8.13. The number of nitrogen functional groups attached to an aromatic ring is 1. The average Bonchev–Trinajstić information content (AvgIpc) is 2.29. The lowest BCUT2D eigenvalue weighted by Crippen LogP contribution is -1.98. The van der Waals surface area contributed by atoms with E-state index in [1.54, 1.807) is 36.9 Å². The van der Waals surface area contributed by atoms with Crippen LogP contribution in [0, 0.1) is 0 Å². The van der Waals surface area contributed by atoms with Crippen LogP contribution in [0.3, 0.4) is 0 Å². The van der Waals surface area contributed by atoms with Crippen LogP contribution in [0.25, 0.3) is 0 Å². The Hall–Kier alpha value is -1.13. The molecule has 0 saturated heterocycles. The number of halogens is 1. The van der Waals surface area contributed by atoms with E-state index >= 15 is 0 Å². The van der Waals surface area contributed by atoms with E-state index in [1.165, 1.54) is 6.08 Å². The molecule has 0 fully saturated rings. The van der Waals surface area contributed by atoms with Crippen LogP contribution in [0.15, 0.2) is 35.2 Å². The van der Waals surface area contributed by atoms with Gasteiger partial charge in [0.2, 0.25) is 0 Å². The Morgan fingerprint density at radius 1 is 1.59 bits per heavy atom. The van der Waals surface area contributed by atoms with E-state index in [0.29, 0.717) is 23.1 Å². The summed E-state index contributed by atoms with van der Waals surface area (Å²) >= 11 is 7.46. The molecule has 92 valence electrons. The number of carbonyl (C=O) groups is 1. The topological polar surface area (TPSA) is 52.3 Å². The number of anilines is 1. The number of nitrogens with two attached hydrogens (primary N) is 1. The fourth-order valence-corrected chi connectivity index (χ4v) is 2.07. The molecule has 0 aliphatic heterocycles. The Kier molecular flexibility index (Phi) is 5.94. The molecule has 0 aliphatic carbocycles. The highest BCUT2D eigenvalue weighted by Crippen LogP contribution is 2.26. The van der Waals surface area contributed by atoms with Crippen molar-refractivity contribution >= 4 is 35.0 Å². The van der Waals surface area contributed by atoms with Gasteiger partial charge < -0.3 is 10.5 Å². The second kappa shape index (κ2) is 7.25. The molecule has 0 saturated carbocycles. The number of carbonyl (C=O) groups excluding carboxylic acids is 1. The van der Waals surface area contributed by atoms with Gasteiger partial charge in [0.15, 0.2) is 0 Å². The first-order valence-corrected chi connectivity index (χ1v) is 6.51. The summed E-state index contributed by atoms with van der Waals surface area (Å²) in [7, 11) is 0. The quantitative estimate of drug-likeness (QED) is 0.387. The minimum absolute atomic E-state index is 0.316. The summed E-state index contributed by atoms with van der Waals surface area (Å²) in [4.78, 5) is 12.0. The number of thioether (sulfide) groups is 1. The molecule has 1 aromatic carbocycles. The summed E-state index contributed by atoms with van der Waals surface area (Å²) < 4.78 is 4.76. The molecule has 0 unspecified atom stereocenters. The fraction of sp³-hybridized carbons (Fsp3) is 0.250. The predicted octanol–water partition coefficient (Wildman–Crippen LogP) is 3.13. The first-order valence-electron chi connectivity index (χ1n) is 5.14. The summed E-state index contributed by atoms with van der Waals surface area (Å²) in [6.45, 7) is 2.17. The molecule has 0 spiro atoms. The third-order valence-electron chi connectivity index (χ3n) is 1.86. The Morgan fingerprint density at radius 2 is 2.35 bits per heavy atom. The molecule has 1 rings (SSSR count). The van der Waals surface area contributed by atoms with Gasteiger partial charge in [-0.15, -0.1) is 11.8 Å². The van der Waals surface area contributed by atoms with Crippen molar-refractivity contribution in [1.29, 1.82) is 0 Å². The maximum Gasteiger partial charge on any atom is 0.330 e. The van der Waals surface area contributed by atoms with Gasteiger partial charge in [-0.1, -0.05) is 17.7 Å². The third kappa shape index (κ3) is 5.15. The normalized spacial score (nSPS) is 10.7. The summed E-state index contributed by atoms with van der Waals surface area (Å²) in [5.41, 5.74) is 6.17. The molecule has 2 N–H and O–H groups in total.